The van der Waals surface area contributed by atoms with Gasteiger partial charge in [-0.3, -0.25) is 10.3 Å². The summed E-state index contributed by atoms with van der Waals surface area (Å²) in [5.41, 5.74) is 0. The number of unbranched alkanes of at least 4 members (excludes halogenated alkanes) is 12. The van der Waals surface area contributed by atoms with Crippen LogP contribution in [0.2, 0.25) is 0 Å². The van der Waals surface area contributed by atoms with Gasteiger partial charge < -0.3 is 14.4 Å². The summed E-state index contributed by atoms with van der Waals surface area (Å²) < 4.78 is 10.4. The molecule has 0 spiro atoms. The van der Waals surface area contributed by atoms with Crippen LogP contribution < -0.4 is 5.32 Å². The van der Waals surface area contributed by atoms with Crippen molar-refractivity contribution in [3.63, 3.8) is 0 Å². The van der Waals surface area contributed by atoms with Crippen LogP contribution in [0.15, 0.2) is 27.1 Å². The minimum absolute atomic E-state index is 0.145. The minimum Gasteiger partial charge on any atom is -0.449 e. The number of allylic oxidation sites excluding steroid dienone is 2. The lowest BCUT2D eigenvalue weighted by Crippen LogP contribution is -2.48. The SMILES string of the molecule is CCCCCCCC/C=C\CCCCCCCCOC(=O)NC1=NC=NC2C1N=CN2CCOC[P+](O)(O)O. The average molecular weight is 571 g/mol. The summed E-state index contributed by atoms with van der Waals surface area (Å²) in [6, 6.07) is -0.465. The summed E-state index contributed by atoms with van der Waals surface area (Å²) in [4.78, 5) is 53.8. The van der Waals surface area contributed by atoms with Crippen molar-refractivity contribution in [2.45, 2.75) is 109 Å². The van der Waals surface area contributed by atoms with E-state index in [9.17, 15) is 4.79 Å². The van der Waals surface area contributed by atoms with Gasteiger partial charge in [0.2, 0.25) is 6.35 Å². The van der Waals surface area contributed by atoms with E-state index in [-0.39, 0.29) is 12.8 Å². The van der Waals surface area contributed by atoms with E-state index in [1.54, 1.807) is 11.2 Å². The van der Waals surface area contributed by atoms with Crippen LogP contribution in [-0.2, 0) is 9.47 Å². The Bertz CT molecular complexity index is 802. The Hall–Kier alpha value is -1.91. The highest BCUT2D eigenvalue weighted by molar-refractivity contribution is 7.58. The highest BCUT2D eigenvalue weighted by Gasteiger charge is 2.37. The van der Waals surface area contributed by atoms with Crippen molar-refractivity contribution in [1.29, 1.82) is 0 Å². The van der Waals surface area contributed by atoms with Crippen LogP contribution in [0.3, 0.4) is 0 Å². The molecular weight excluding hydrogens is 521 g/mol. The molecule has 0 aromatic rings. The van der Waals surface area contributed by atoms with Crippen LogP contribution in [-0.4, -0.2) is 82.5 Å². The summed E-state index contributed by atoms with van der Waals surface area (Å²) in [7, 11) is -3.95. The number of fused-ring (bicyclic) bond motifs is 1. The molecule has 0 radical (unpaired) electrons. The van der Waals surface area contributed by atoms with Crippen molar-refractivity contribution >= 4 is 32.5 Å². The first-order valence-corrected chi connectivity index (χ1v) is 16.3. The van der Waals surface area contributed by atoms with E-state index in [4.69, 9.17) is 24.2 Å². The number of alkyl carbamates (subject to hydrolysis) is 1. The second kappa shape index (κ2) is 20.0. The molecule has 0 saturated heterocycles. The number of amidine groups is 1. The average Bonchev–Trinajstić information content (AvgIpc) is 3.32. The molecular formula is C27H49N5O6P+. The molecule has 2 aliphatic rings. The first-order chi connectivity index (χ1) is 18.9. The number of hydrogen-bond acceptors (Lipinski definition) is 10. The third-order valence-electron chi connectivity index (χ3n) is 6.57. The van der Waals surface area contributed by atoms with Gasteiger partial charge in [-0.15, -0.1) is 0 Å². The standard InChI is InChI=1S/C27H48N5O6P/c1-2-3-4-5-6-7-8-9-10-11-12-13-14-15-16-17-19-38-27(33)31-25-24-26(29-21-28-25)32(22-30-24)18-20-37-23-39(34,35)36/h9-10,21-22,24,26,34-36H,2-8,11-20,23H2,1H3/p+1/b10-9-. The molecule has 2 rings (SSSR count). The van der Waals surface area contributed by atoms with E-state index in [0.29, 0.717) is 19.0 Å². The Morgan fingerprint density at radius 1 is 0.949 bits per heavy atom. The highest BCUT2D eigenvalue weighted by atomic mass is 31.2. The largest absolute Gasteiger partial charge is 0.449 e. The normalized spacial score (nSPS) is 18.6. The first-order valence-electron chi connectivity index (χ1n) is 14.5. The summed E-state index contributed by atoms with van der Waals surface area (Å²) in [6.07, 6.45) is 23.4. The van der Waals surface area contributed by atoms with Crippen LogP contribution in [0.5, 0.6) is 0 Å². The van der Waals surface area contributed by atoms with Gasteiger partial charge in [-0.25, -0.2) is 14.8 Å². The molecule has 2 heterocycles. The van der Waals surface area contributed by atoms with Gasteiger partial charge in [-0.05, 0) is 32.1 Å². The molecule has 12 heteroatoms. The summed E-state index contributed by atoms with van der Waals surface area (Å²) >= 11 is 0. The number of nitrogens with zero attached hydrogens (tertiary/aromatic N) is 4. The zero-order valence-electron chi connectivity index (χ0n) is 23.5. The second-order valence-electron chi connectivity index (χ2n) is 10.1. The highest BCUT2D eigenvalue weighted by Crippen LogP contribution is 2.43. The van der Waals surface area contributed by atoms with Gasteiger partial charge in [0, 0.05) is 6.54 Å². The predicted molar refractivity (Wildman–Crippen MR) is 157 cm³/mol. The van der Waals surface area contributed by atoms with Gasteiger partial charge in [-0.2, -0.15) is 14.7 Å². The first kappa shape index (κ1) is 33.3. The zero-order chi connectivity index (χ0) is 28.2. The fourth-order valence-corrected chi connectivity index (χ4v) is 4.79. The summed E-state index contributed by atoms with van der Waals surface area (Å²) in [5, 5.41) is 2.68. The van der Waals surface area contributed by atoms with Crippen molar-refractivity contribution in [3.8, 4) is 0 Å². The molecule has 11 nitrogen and oxygen atoms in total. The van der Waals surface area contributed by atoms with Crippen molar-refractivity contribution in [2.75, 3.05) is 26.1 Å². The second-order valence-corrected chi connectivity index (χ2v) is 11.7. The third kappa shape index (κ3) is 15.5. The van der Waals surface area contributed by atoms with Crippen LogP contribution in [0, 0.1) is 0 Å². The van der Waals surface area contributed by atoms with Gasteiger partial charge in [0.15, 0.2) is 12.2 Å². The van der Waals surface area contributed by atoms with Crippen LogP contribution in [0.4, 0.5) is 4.79 Å². The molecule has 2 atom stereocenters. The fraction of sp³-hybridized carbons (Fsp3) is 0.778. The van der Waals surface area contributed by atoms with Crippen molar-refractivity contribution in [2.24, 2.45) is 15.0 Å². The van der Waals surface area contributed by atoms with E-state index < -0.39 is 26.4 Å². The van der Waals surface area contributed by atoms with Gasteiger partial charge in [-0.1, -0.05) is 76.9 Å². The molecule has 0 bridgehead atoms. The Balaban J connectivity index is 1.45. The minimum atomic E-state index is -3.95. The maximum atomic E-state index is 12.2. The van der Waals surface area contributed by atoms with Crippen LogP contribution in [0.1, 0.15) is 96.8 Å². The number of carbonyl (C=O) groups is 1. The topological polar surface area (TPSA) is 149 Å². The number of rotatable bonds is 21. The molecule has 2 aliphatic heterocycles. The molecule has 0 fully saturated rings. The monoisotopic (exact) mass is 570 g/mol. The zero-order valence-corrected chi connectivity index (χ0v) is 24.4. The number of nitrogens with one attached hydrogen (secondary N) is 1. The number of ether oxygens (including phenoxy) is 2. The maximum Gasteiger partial charge on any atom is 0.431 e. The third-order valence-corrected chi connectivity index (χ3v) is 7.10. The van der Waals surface area contributed by atoms with Gasteiger partial charge in [0.1, 0.15) is 12.2 Å². The molecule has 222 valence electrons. The fourth-order valence-electron chi connectivity index (χ4n) is 4.41. The number of amides is 1. The number of aliphatic imine (C=N–C) groups is 3. The van der Waals surface area contributed by atoms with E-state index in [1.165, 1.54) is 77.0 Å². The molecule has 2 unspecified atom stereocenters. The number of carbonyl (C=O) groups excluding carboxylic acids is 1. The lowest BCUT2D eigenvalue weighted by atomic mass is 10.1. The maximum absolute atomic E-state index is 12.2. The smallest absolute Gasteiger partial charge is 0.431 e. The predicted octanol–water partition coefficient (Wildman–Crippen LogP) is 4.94. The Morgan fingerprint density at radius 3 is 2.26 bits per heavy atom. The van der Waals surface area contributed by atoms with E-state index in [0.717, 1.165) is 19.3 Å². The van der Waals surface area contributed by atoms with Gasteiger partial charge in [0.05, 0.1) is 19.6 Å². The van der Waals surface area contributed by atoms with E-state index in [1.807, 2.05) is 0 Å². The summed E-state index contributed by atoms with van der Waals surface area (Å²) in [6.45, 7) is 3.13. The lowest BCUT2D eigenvalue weighted by Gasteiger charge is -2.26. The lowest BCUT2D eigenvalue weighted by molar-refractivity contribution is 0.129. The van der Waals surface area contributed by atoms with Crippen molar-refractivity contribution in [1.82, 2.24) is 10.2 Å². The summed E-state index contributed by atoms with van der Waals surface area (Å²) in [5.74, 6) is 0.367. The Kier molecular flexibility index (Phi) is 17.1. The Morgan fingerprint density at radius 2 is 1.59 bits per heavy atom. The molecule has 0 aliphatic carbocycles. The number of hydrogen-bond donors (Lipinski definition) is 4. The van der Waals surface area contributed by atoms with Crippen LogP contribution in [0.25, 0.3) is 0 Å². The Labute approximate surface area is 234 Å². The molecule has 39 heavy (non-hydrogen) atoms. The molecule has 0 saturated carbocycles. The van der Waals surface area contributed by atoms with Gasteiger partial charge in [0.25, 0.3) is 0 Å². The molecule has 4 N–H and O–H groups in total. The van der Waals surface area contributed by atoms with Crippen molar-refractivity contribution < 1.29 is 28.9 Å². The molecule has 0 aromatic heterocycles. The molecule has 0 aromatic carbocycles. The van der Waals surface area contributed by atoms with E-state index >= 15 is 0 Å². The quantitative estimate of drug-likeness (QED) is 0.0867. The van der Waals surface area contributed by atoms with E-state index in [2.05, 4.69) is 39.4 Å². The van der Waals surface area contributed by atoms with Gasteiger partial charge >= 0.3 is 14.0 Å². The molecule has 1 amide bonds. The van der Waals surface area contributed by atoms with Crippen molar-refractivity contribution in [3.05, 3.63) is 12.2 Å². The van der Waals surface area contributed by atoms with Crippen LogP contribution >= 0.6 is 7.94 Å².